The molecule has 5 nitrogen and oxygen atoms in total. The molecule has 2 aromatic rings. The molecule has 2 heterocycles. The molecular formula is C15H17N3O2. The Kier molecular flexibility index (Phi) is 3.26. The van der Waals surface area contributed by atoms with Crippen molar-refractivity contribution in [1.82, 2.24) is 14.8 Å². The molecule has 1 saturated carbocycles. The summed E-state index contributed by atoms with van der Waals surface area (Å²) in [5.41, 5.74) is 1.55. The SMILES string of the molecule is Cn1nc(C2CCCC2)c(C(=O)c2cccnc2)c1O. The number of rotatable bonds is 3. The van der Waals surface area contributed by atoms with Gasteiger partial charge in [0, 0.05) is 30.9 Å². The van der Waals surface area contributed by atoms with Gasteiger partial charge in [0.2, 0.25) is 11.7 Å². The smallest absolute Gasteiger partial charge is 0.220 e. The summed E-state index contributed by atoms with van der Waals surface area (Å²) in [6, 6.07) is 3.43. The zero-order valence-corrected chi connectivity index (χ0v) is 11.4. The zero-order chi connectivity index (χ0) is 14.1. The first-order valence-electron chi connectivity index (χ1n) is 6.89. The van der Waals surface area contributed by atoms with Gasteiger partial charge in [-0.3, -0.25) is 9.78 Å². The van der Waals surface area contributed by atoms with E-state index in [1.54, 1.807) is 25.4 Å². The number of carbonyl (C=O) groups excluding carboxylic acids is 1. The lowest BCUT2D eigenvalue weighted by Gasteiger charge is -2.07. The normalized spacial score (nSPS) is 15.7. The maximum absolute atomic E-state index is 12.6. The van der Waals surface area contributed by atoms with Gasteiger partial charge in [0.25, 0.3) is 0 Å². The van der Waals surface area contributed by atoms with E-state index in [0.717, 1.165) is 31.4 Å². The molecule has 1 N–H and O–H groups in total. The summed E-state index contributed by atoms with van der Waals surface area (Å²) in [4.78, 5) is 16.6. The summed E-state index contributed by atoms with van der Waals surface area (Å²) in [7, 11) is 1.66. The Labute approximate surface area is 117 Å². The van der Waals surface area contributed by atoms with Gasteiger partial charge >= 0.3 is 0 Å². The summed E-state index contributed by atoms with van der Waals surface area (Å²) in [5, 5.41) is 14.5. The molecular weight excluding hydrogens is 254 g/mol. The highest BCUT2D eigenvalue weighted by Crippen LogP contribution is 2.38. The quantitative estimate of drug-likeness (QED) is 0.870. The molecule has 104 valence electrons. The van der Waals surface area contributed by atoms with E-state index in [-0.39, 0.29) is 17.6 Å². The second-order valence-corrected chi connectivity index (χ2v) is 5.26. The minimum absolute atomic E-state index is 0.0549. The average molecular weight is 271 g/mol. The van der Waals surface area contributed by atoms with Crippen LogP contribution < -0.4 is 0 Å². The highest BCUT2D eigenvalue weighted by atomic mass is 16.3. The fourth-order valence-electron chi connectivity index (χ4n) is 2.88. The summed E-state index contributed by atoms with van der Waals surface area (Å²) in [6.07, 6.45) is 7.52. The van der Waals surface area contributed by atoms with Crippen molar-refractivity contribution >= 4 is 5.78 Å². The van der Waals surface area contributed by atoms with Crippen LogP contribution in [0.25, 0.3) is 0 Å². The summed E-state index contributed by atoms with van der Waals surface area (Å²) in [5.74, 6) is 0.0177. The van der Waals surface area contributed by atoms with Gasteiger partial charge in [-0.2, -0.15) is 5.10 Å². The number of carbonyl (C=O) groups is 1. The number of aryl methyl sites for hydroxylation is 1. The third-order valence-electron chi connectivity index (χ3n) is 3.94. The fourth-order valence-corrected chi connectivity index (χ4v) is 2.88. The maximum Gasteiger partial charge on any atom is 0.220 e. The van der Waals surface area contributed by atoms with E-state index in [9.17, 15) is 9.90 Å². The van der Waals surface area contributed by atoms with E-state index >= 15 is 0 Å². The molecule has 0 amide bonds. The van der Waals surface area contributed by atoms with Crippen molar-refractivity contribution in [1.29, 1.82) is 0 Å². The van der Waals surface area contributed by atoms with Gasteiger partial charge in [-0.25, -0.2) is 4.68 Å². The average Bonchev–Trinajstić information content (AvgIpc) is 3.09. The molecule has 3 rings (SSSR count). The number of hydrogen-bond donors (Lipinski definition) is 1. The summed E-state index contributed by atoms with van der Waals surface area (Å²) >= 11 is 0. The molecule has 0 atom stereocenters. The fraction of sp³-hybridized carbons (Fsp3) is 0.400. The Morgan fingerprint density at radius 3 is 2.80 bits per heavy atom. The molecule has 0 aliphatic heterocycles. The van der Waals surface area contributed by atoms with Crippen molar-refractivity contribution in [2.45, 2.75) is 31.6 Å². The van der Waals surface area contributed by atoms with E-state index in [1.807, 2.05) is 0 Å². The van der Waals surface area contributed by atoms with Gasteiger partial charge in [-0.1, -0.05) is 12.8 Å². The van der Waals surface area contributed by atoms with Gasteiger partial charge in [0.15, 0.2) is 0 Å². The van der Waals surface area contributed by atoms with E-state index in [1.165, 1.54) is 10.9 Å². The molecule has 0 radical (unpaired) electrons. The van der Waals surface area contributed by atoms with E-state index in [4.69, 9.17) is 0 Å². The van der Waals surface area contributed by atoms with E-state index in [0.29, 0.717) is 11.1 Å². The third kappa shape index (κ3) is 2.09. The summed E-state index contributed by atoms with van der Waals surface area (Å²) in [6.45, 7) is 0. The molecule has 1 fully saturated rings. The number of nitrogens with zero attached hydrogens (tertiary/aromatic N) is 3. The molecule has 0 saturated heterocycles. The maximum atomic E-state index is 12.6. The van der Waals surface area contributed by atoms with Gasteiger partial charge in [-0.15, -0.1) is 0 Å². The van der Waals surface area contributed by atoms with Crippen molar-refractivity contribution in [3.63, 3.8) is 0 Å². The Morgan fingerprint density at radius 1 is 1.40 bits per heavy atom. The first kappa shape index (κ1) is 12.8. The number of aromatic nitrogens is 3. The summed E-state index contributed by atoms with van der Waals surface area (Å²) < 4.78 is 1.39. The van der Waals surface area contributed by atoms with Crippen LogP contribution in [-0.2, 0) is 7.05 Å². The predicted molar refractivity (Wildman–Crippen MR) is 73.8 cm³/mol. The number of pyridine rings is 1. The van der Waals surface area contributed by atoms with E-state index in [2.05, 4.69) is 10.1 Å². The zero-order valence-electron chi connectivity index (χ0n) is 11.4. The van der Waals surface area contributed by atoms with Gasteiger partial charge in [0.05, 0.1) is 5.69 Å². The van der Waals surface area contributed by atoms with Gasteiger partial charge in [-0.05, 0) is 25.0 Å². The molecule has 1 aliphatic carbocycles. The minimum Gasteiger partial charge on any atom is -0.493 e. The highest BCUT2D eigenvalue weighted by molar-refractivity contribution is 6.11. The van der Waals surface area contributed by atoms with Crippen molar-refractivity contribution < 1.29 is 9.90 Å². The Balaban J connectivity index is 2.06. The number of aromatic hydroxyl groups is 1. The van der Waals surface area contributed by atoms with E-state index < -0.39 is 0 Å². The second kappa shape index (κ2) is 5.07. The van der Waals surface area contributed by atoms with Crippen molar-refractivity contribution in [2.75, 3.05) is 0 Å². The molecule has 1 aliphatic rings. The van der Waals surface area contributed by atoms with Crippen LogP contribution in [0.3, 0.4) is 0 Å². The molecule has 0 aromatic carbocycles. The van der Waals surface area contributed by atoms with Crippen LogP contribution in [0, 0.1) is 0 Å². The van der Waals surface area contributed by atoms with Crippen molar-refractivity contribution in [2.24, 2.45) is 7.05 Å². The van der Waals surface area contributed by atoms with Gasteiger partial charge in [0.1, 0.15) is 5.56 Å². The monoisotopic (exact) mass is 271 g/mol. The lowest BCUT2D eigenvalue weighted by molar-refractivity contribution is 0.103. The van der Waals surface area contributed by atoms with Crippen LogP contribution in [0.1, 0.15) is 53.2 Å². The van der Waals surface area contributed by atoms with Crippen molar-refractivity contribution in [3.05, 3.63) is 41.3 Å². The molecule has 20 heavy (non-hydrogen) atoms. The molecule has 2 aromatic heterocycles. The topological polar surface area (TPSA) is 68.0 Å². The van der Waals surface area contributed by atoms with Crippen LogP contribution in [-0.4, -0.2) is 25.7 Å². The number of hydrogen-bond acceptors (Lipinski definition) is 4. The van der Waals surface area contributed by atoms with Crippen LogP contribution in [0.5, 0.6) is 5.88 Å². The molecule has 0 bridgehead atoms. The molecule has 0 spiro atoms. The highest BCUT2D eigenvalue weighted by Gasteiger charge is 2.30. The Hall–Kier alpha value is -2.17. The van der Waals surface area contributed by atoms with Crippen LogP contribution in [0.2, 0.25) is 0 Å². The molecule has 5 heteroatoms. The standard InChI is InChI=1S/C15H17N3O2/c1-18-15(20)12(13(17-18)10-5-2-3-6-10)14(19)11-7-4-8-16-9-11/h4,7-10,20H,2-3,5-6H2,1H3. The lowest BCUT2D eigenvalue weighted by Crippen LogP contribution is -2.06. The molecule has 0 unspecified atom stereocenters. The Bertz CT molecular complexity index is 628. The third-order valence-corrected chi connectivity index (χ3v) is 3.94. The van der Waals surface area contributed by atoms with Crippen LogP contribution >= 0.6 is 0 Å². The first-order chi connectivity index (χ1) is 9.68. The number of ketones is 1. The first-order valence-corrected chi connectivity index (χ1v) is 6.89. The van der Waals surface area contributed by atoms with Crippen LogP contribution in [0.4, 0.5) is 0 Å². The predicted octanol–water partition coefficient (Wildman–Crippen LogP) is 2.41. The second-order valence-electron chi connectivity index (χ2n) is 5.26. The van der Waals surface area contributed by atoms with Crippen LogP contribution in [0.15, 0.2) is 24.5 Å². The largest absolute Gasteiger partial charge is 0.493 e. The van der Waals surface area contributed by atoms with Gasteiger partial charge < -0.3 is 5.11 Å². The minimum atomic E-state index is -0.203. The Morgan fingerprint density at radius 2 is 2.15 bits per heavy atom. The van der Waals surface area contributed by atoms with Crippen molar-refractivity contribution in [3.8, 4) is 5.88 Å². The lowest BCUT2D eigenvalue weighted by atomic mass is 9.96.